The lowest BCUT2D eigenvalue weighted by Crippen LogP contribution is -2.45. The van der Waals surface area contributed by atoms with Crippen LogP contribution in [0.5, 0.6) is 0 Å². The summed E-state index contributed by atoms with van der Waals surface area (Å²) in [5.74, 6) is -0.452. The van der Waals surface area contributed by atoms with Crippen LogP contribution in [0.3, 0.4) is 0 Å². The molecule has 2 aliphatic rings. The molecule has 0 unspecified atom stereocenters. The molecule has 0 aliphatic carbocycles. The number of anilines is 2. The highest BCUT2D eigenvalue weighted by Gasteiger charge is 2.28. The van der Waals surface area contributed by atoms with Crippen molar-refractivity contribution in [2.45, 2.75) is 45.4 Å². The Morgan fingerprint density at radius 1 is 1.14 bits per heavy atom. The topological polar surface area (TPSA) is 33.7 Å². The second kappa shape index (κ2) is 5.85. The number of hydrogen-bond acceptors (Lipinski definition) is 4. The first kappa shape index (κ1) is 14.7. The van der Waals surface area contributed by atoms with Gasteiger partial charge in [0.2, 0.25) is 0 Å². The number of ether oxygens (including phenoxy) is 2. The highest BCUT2D eigenvalue weighted by Crippen LogP contribution is 2.27. The zero-order chi connectivity index (χ0) is 14.9. The third-order valence-corrected chi connectivity index (χ3v) is 4.31. The largest absolute Gasteiger partial charge is 0.377 e. The van der Waals surface area contributed by atoms with Gasteiger partial charge in [0, 0.05) is 24.5 Å². The molecule has 21 heavy (non-hydrogen) atoms. The fraction of sp³-hybridized carbons (Fsp3) is 0.647. The van der Waals surface area contributed by atoms with E-state index in [4.69, 9.17) is 9.47 Å². The van der Waals surface area contributed by atoms with Crippen LogP contribution in [0.2, 0.25) is 0 Å². The molecule has 2 aliphatic heterocycles. The normalized spacial score (nSPS) is 22.5. The van der Waals surface area contributed by atoms with E-state index >= 15 is 0 Å². The minimum atomic E-state index is -0.452. The maximum absolute atomic E-state index is 5.70. The maximum Gasteiger partial charge on any atom is 0.162 e. The lowest BCUT2D eigenvalue weighted by atomic mass is 10.1. The Bertz CT molecular complexity index is 486. The molecular weight excluding hydrogens is 264 g/mol. The Hall–Kier alpha value is -1.26. The molecule has 0 bridgehead atoms. The van der Waals surface area contributed by atoms with Gasteiger partial charge in [0.25, 0.3) is 0 Å². The van der Waals surface area contributed by atoms with Crippen LogP contribution in [-0.2, 0) is 9.47 Å². The maximum atomic E-state index is 5.70. The highest BCUT2D eigenvalue weighted by molar-refractivity contribution is 5.61. The number of nitrogens with one attached hydrogen (secondary N) is 1. The molecule has 0 atom stereocenters. The number of rotatable bonds is 3. The van der Waals surface area contributed by atoms with E-state index in [0.717, 1.165) is 0 Å². The molecule has 0 amide bonds. The van der Waals surface area contributed by atoms with Gasteiger partial charge in [-0.1, -0.05) is 0 Å². The van der Waals surface area contributed by atoms with Gasteiger partial charge in [-0.2, -0.15) is 0 Å². The standard InChI is InChI=1S/C17H26N2O2/c1-13-10-15(19-8-4-5-9-19)6-7-16(13)18-14-11-20-17(2,3)21-12-14/h6-7,10,14,18H,4-5,8-9,11-12H2,1-3H3. The average Bonchev–Trinajstić information content (AvgIpc) is 2.97. The third-order valence-electron chi connectivity index (χ3n) is 4.31. The molecule has 116 valence electrons. The molecule has 0 spiro atoms. The van der Waals surface area contributed by atoms with Crippen molar-refractivity contribution in [2.24, 2.45) is 0 Å². The molecule has 1 aromatic rings. The van der Waals surface area contributed by atoms with Gasteiger partial charge in [-0.05, 0) is 57.4 Å². The van der Waals surface area contributed by atoms with Gasteiger partial charge in [-0.3, -0.25) is 0 Å². The SMILES string of the molecule is Cc1cc(N2CCCC2)ccc1NC1COC(C)(C)OC1. The van der Waals surface area contributed by atoms with E-state index in [0.29, 0.717) is 13.2 Å². The van der Waals surface area contributed by atoms with Gasteiger partial charge in [0.05, 0.1) is 19.3 Å². The Morgan fingerprint density at radius 2 is 1.81 bits per heavy atom. The molecule has 3 rings (SSSR count). The van der Waals surface area contributed by atoms with Crippen LogP contribution in [0.25, 0.3) is 0 Å². The fourth-order valence-corrected chi connectivity index (χ4v) is 2.98. The Morgan fingerprint density at radius 3 is 2.43 bits per heavy atom. The second-order valence-electron chi connectivity index (χ2n) is 6.56. The first-order valence-corrected chi connectivity index (χ1v) is 7.93. The molecule has 2 fully saturated rings. The van der Waals surface area contributed by atoms with Crippen molar-refractivity contribution < 1.29 is 9.47 Å². The zero-order valence-corrected chi connectivity index (χ0v) is 13.3. The summed E-state index contributed by atoms with van der Waals surface area (Å²) in [6, 6.07) is 6.90. The summed E-state index contributed by atoms with van der Waals surface area (Å²) in [4.78, 5) is 2.46. The number of aryl methyl sites for hydroxylation is 1. The summed E-state index contributed by atoms with van der Waals surface area (Å²) < 4.78 is 11.4. The lowest BCUT2D eigenvalue weighted by Gasteiger charge is -2.35. The molecular formula is C17H26N2O2. The number of hydrogen-bond donors (Lipinski definition) is 1. The van der Waals surface area contributed by atoms with E-state index in [1.54, 1.807) is 0 Å². The average molecular weight is 290 g/mol. The molecule has 2 heterocycles. The van der Waals surface area contributed by atoms with E-state index < -0.39 is 5.79 Å². The lowest BCUT2D eigenvalue weighted by molar-refractivity contribution is -0.247. The van der Waals surface area contributed by atoms with Crippen LogP contribution in [-0.4, -0.2) is 38.1 Å². The van der Waals surface area contributed by atoms with Crippen molar-refractivity contribution in [2.75, 3.05) is 36.5 Å². The summed E-state index contributed by atoms with van der Waals surface area (Å²) in [6.45, 7) is 9.81. The van der Waals surface area contributed by atoms with E-state index in [2.05, 4.69) is 35.3 Å². The van der Waals surface area contributed by atoms with E-state index in [1.807, 2.05) is 13.8 Å². The predicted molar refractivity (Wildman–Crippen MR) is 86.0 cm³/mol. The van der Waals surface area contributed by atoms with Crippen LogP contribution in [0.15, 0.2) is 18.2 Å². The summed E-state index contributed by atoms with van der Waals surface area (Å²) >= 11 is 0. The Balaban J connectivity index is 1.63. The molecule has 0 radical (unpaired) electrons. The van der Waals surface area contributed by atoms with Crippen LogP contribution >= 0.6 is 0 Å². The van der Waals surface area contributed by atoms with Crippen LogP contribution in [0, 0.1) is 6.92 Å². The van der Waals surface area contributed by atoms with Gasteiger partial charge in [-0.25, -0.2) is 0 Å². The van der Waals surface area contributed by atoms with E-state index in [-0.39, 0.29) is 6.04 Å². The quantitative estimate of drug-likeness (QED) is 0.927. The first-order chi connectivity index (χ1) is 10.0. The van der Waals surface area contributed by atoms with Crippen molar-refractivity contribution in [3.8, 4) is 0 Å². The van der Waals surface area contributed by atoms with Crippen LogP contribution < -0.4 is 10.2 Å². The predicted octanol–water partition coefficient (Wildman–Crippen LogP) is 3.16. The van der Waals surface area contributed by atoms with Crippen LogP contribution in [0.1, 0.15) is 32.3 Å². The molecule has 1 N–H and O–H groups in total. The summed E-state index contributed by atoms with van der Waals surface area (Å²) in [5.41, 5.74) is 3.80. The highest BCUT2D eigenvalue weighted by atomic mass is 16.7. The van der Waals surface area contributed by atoms with E-state index in [9.17, 15) is 0 Å². The van der Waals surface area contributed by atoms with E-state index in [1.165, 1.54) is 42.9 Å². The van der Waals surface area contributed by atoms with Crippen molar-refractivity contribution in [1.29, 1.82) is 0 Å². The molecule has 1 aromatic carbocycles. The number of benzene rings is 1. The smallest absolute Gasteiger partial charge is 0.162 e. The number of nitrogens with zero attached hydrogens (tertiary/aromatic N) is 1. The van der Waals surface area contributed by atoms with Crippen molar-refractivity contribution in [3.05, 3.63) is 23.8 Å². The minimum Gasteiger partial charge on any atom is -0.377 e. The molecule has 4 nitrogen and oxygen atoms in total. The van der Waals surface area contributed by atoms with Gasteiger partial charge >= 0.3 is 0 Å². The zero-order valence-electron chi connectivity index (χ0n) is 13.3. The monoisotopic (exact) mass is 290 g/mol. The fourth-order valence-electron chi connectivity index (χ4n) is 2.98. The van der Waals surface area contributed by atoms with Crippen molar-refractivity contribution in [3.63, 3.8) is 0 Å². The van der Waals surface area contributed by atoms with Crippen molar-refractivity contribution >= 4 is 11.4 Å². The Labute approximate surface area is 127 Å². The van der Waals surface area contributed by atoms with Crippen LogP contribution in [0.4, 0.5) is 11.4 Å². The first-order valence-electron chi connectivity index (χ1n) is 7.93. The third kappa shape index (κ3) is 3.50. The minimum absolute atomic E-state index is 0.217. The second-order valence-corrected chi connectivity index (χ2v) is 6.56. The van der Waals surface area contributed by atoms with Gasteiger partial charge in [0.1, 0.15) is 0 Å². The summed E-state index contributed by atoms with van der Waals surface area (Å²) in [7, 11) is 0. The van der Waals surface area contributed by atoms with Gasteiger partial charge in [-0.15, -0.1) is 0 Å². The summed E-state index contributed by atoms with van der Waals surface area (Å²) in [6.07, 6.45) is 2.62. The molecule has 0 aromatic heterocycles. The van der Waals surface area contributed by atoms with Gasteiger partial charge < -0.3 is 19.7 Å². The Kier molecular flexibility index (Phi) is 4.09. The van der Waals surface area contributed by atoms with Crippen molar-refractivity contribution in [1.82, 2.24) is 0 Å². The summed E-state index contributed by atoms with van der Waals surface area (Å²) in [5, 5.41) is 3.54. The van der Waals surface area contributed by atoms with Gasteiger partial charge in [0.15, 0.2) is 5.79 Å². The molecule has 4 heteroatoms. The molecule has 0 saturated carbocycles. The molecule has 2 saturated heterocycles.